The first-order valence-corrected chi connectivity index (χ1v) is 7.62. The topological polar surface area (TPSA) is 88.9 Å². The molecule has 0 unspecified atom stereocenters. The van der Waals surface area contributed by atoms with Crippen LogP contribution >= 0.6 is 0 Å². The molecule has 0 aliphatic heterocycles. The van der Waals surface area contributed by atoms with Gasteiger partial charge in [0.05, 0.1) is 12.6 Å². The first kappa shape index (κ1) is 16.7. The number of hydrogen-bond donors (Lipinski definition) is 2. The first-order chi connectivity index (χ1) is 11.1. The largest absolute Gasteiger partial charge is 0.345 e. The molecule has 0 saturated heterocycles. The van der Waals surface area contributed by atoms with E-state index in [1.165, 1.54) is 6.33 Å². The lowest BCUT2D eigenvalue weighted by atomic mass is 10.2. The maximum atomic E-state index is 12.0. The van der Waals surface area contributed by atoms with Gasteiger partial charge >= 0.3 is 0 Å². The van der Waals surface area contributed by atoms with Gasteiger partial charge in [0, 0.05) is 12.1 Å². The van der Waals surface area contributed by atoms with Gasteiger partial charge in [0.15, 0.2) is 0 Å². The van der Waals surface area contributed by atoms with Crippen molar-refractivity contribution < 1.29 is 9.59 Å². The van der Waals surface area contributed by atoms with E-state index in [1.54, 1.807) is 28.9 Å². The Morgan fingerprint density at radius 2 is 2.00 bits per heavy atom. The molecule has 0 radical (unpaired) electrons. The Bertz CT molecular complexity index is 654. The van der Waals surface area contributed by atoms with Crippen LogP contribution in [0, 0.1) is 0 Å². The van der Waals surface area contributed by atoms with E-state index >= 15 is 0 Å². The molecule has 2 amide bonds. The summed E-state index contributed by atoms with van der Waals surface area (Å²) in [7, 11) is 0. The fraction of sp³-hybridized carbons (Fsp3) is 0.375. The van der Waals surface area contributed by atoms with E-state index in [-0.39, 0.29) is 24.4 Å². The molecule has 7 nitrogen and oxygen atoms in total. The van der Waals surface area contributed by atoms with Crippen molar-refractivity contribution in [3.05, 3.63) is 48.0 Å². The van der Waals surface area contributed by atoms with Gasteiger partial charge in [-0.2, -0.15) is 5.10 Å². The molecule has 7 heteroatoms. The third-order valence-corrected chi connectivity index (χ3v) is 3.29. The predicted octanol–water partition coefficient (Wildman–Crippen LogP) is 1.30. The molecule has 23 heavy (non-hydrogen) atoms. The van der Waals surface area contributed by atoms with Gasteiger partial charge in [-0.1, -0.05) is 25.1 Å². The maximum Gasteiger partial charge on any atom is 0.251 e. The second-order valence-electron chi connectivity index (χ2n) is 5.18. The molecular weight excluding hydrogens is 294 g/mol. The van der Waals surface area contributed by atoms with E-state index in [0.717, 1.165) is 13.0 Å². The monoisotopic (exact) mass is 315 g/mol. The summed E-state index contributed by atoms with van der Waals surface area (Å²) in [6, 6.07) is 8.50. The van der Waals surface area contributed by atoms with Gasteiger partial charge in [-0.3, -0.25) is 9.59 Å². The highest BCUT2D eigenvalue weighted by Gasteiger charge is 2.16. The lowest BCUT2D eigenvalue weighted by Gasteiger charge is -2.14. The third-order valence-electron chi connectivity index (χ3n) is 3.29. The SMILES string of the molecule is CCCn1ncnc1[C@H](C)NC(=O)CNC(=O)c1ccccc1. The van der Waals surface area contributed by atoms with Crippen LogP contribution in [0.25, 0.3) is 0 Å². The fourth-order valence-corrected chi connectivity index (χ4v) is 2.20. The van der Waals surface area contributed by atoms with E-state index in [4.69, 9.17) is 0 Å². The summed E-state index contributed by atoms with van der Waals surface area (Å²) in [6.45, 7) is 4.56. The van der Waals surface area contributed by atoms with E-state index < -0.39 is 0 Å². The lowest BCUT2D eigenvalue weighted by molar-refractivity contribution is -0.120. The van der Waals surface area contributed by atoms with Crippen LogP contribution in [0.5, 0.6) is 0 Å². The Balaban J connectivity index is 1.84. The zero-order chi connectivity index (χ0) is 16.7. The Kier molecular flexibility index (Phi) is 5.85. The minimum atomic E-state index is -0.275. The van der Waals surface area contributed by atoms with E-state index in [1.807, 2.05) is 19.9 Å². The van der Waals surface area contributed by atoms with Crippen molar-refractivity contribution in [1.82, 2.24) is 25.4 Å². The van der Waals surface area contributed by atoms with Crippen LogP contribution < -0.4 is 10.6 Å². The van der Waals surface area contributed by atoms with Crippen LogP contribution in [0.2, 0.25) is 0 Å². The highest BCUT2D eigenvalue weighted by molar-refractivity contribution is 5.96. The van der Waals surface area contributed by atoms with E-state index in [0.29, 0.717) is 11.4 Å². The van der Waals surface area contributed by atoms with Crippen molar-refractivity contribution >= 4 is 11.8 Å². The highest BCUT2D eigenvalue weighted by Crippen LogP contribution is 2.08. The van der Waals surface area contributed by atoms with Crippen molar-refractivity contribution in [1.29, 1.82) is 0 Å². The molecule has 122 valence electrons. The van der Waals surface area contributed by atoms with Crippen LogP contribution in [-0.4, -0.2) is 33.1 Å². The zero-order valence-electron chi connectivity index (χ0n) is 13.3. The number of rotatable bonds is 7. The number of amides is 2. The Hall–Kier alpha value is -2.70. The maximum absolute atomic E-state index is 12.0. The summed E-state index contributed by atoms with van der Waals surface area (Å²) in [4.78, 5) is 28.0. The van der Waals surface area contributed by atoms with Gasteiger partial charge in [-0.25, -0.2) is 9.67 Å². The van der Waals surface area contributed by atoms with Gasteiger partial charge in [-0.05, 0) is 25.5 Å². The summed E-state index contributed by atoms with van der Waals surface area (Å²) in [5.41, 5.74) is 0.524. The van der Waals surface area contributed by atoms with Crippen molar-refractivity contribution in [3.63, 3.8) is 0 Å². The number of nitrogens with zero attached hydrogens (tertiary/aromatic N) is 3. The minimum absolute atomic E-state index is 0.0834. The van der Waals surface area contributed by atoms with Gasteiger partial charge in [0.2, 0.25) is 5.91 Å². The van der Waals surface area contributed by atoms with Crippen LogP contribution in [-0.2, 0) is 11.3 Å². The standard InChI is InChI=1S/C16H21N5O2/c1-3-9-21-15(18-11-19-21)12(2)20-14(22)10-17-16(23)13-7-5-4-6-8-13/h4-8,11-12H,3,9-10H2,1-2H3,(H,17,23)(H,20,22)/t12-/m0/s1. The zero-order valence-corrected chi connectivity index (χ0v) is 13.3. The van der Waals surface area contributed by atoms with Crippen molar-refractivity contribution in [2.24, 2.45) is 0 Å². The van der Waals surface area contributed by atoms with Gasteiger partial charge in [-0.15, -0.1) is 0 Å². The summed E-state index contributed by atoms with van der Waals surface area (Å²) in [5, 5.41) is 9.54. The quantitative estimate of drug-likeness (QED) is 0.806. The van der Waals surface area contributed by atoms with Crippen LogP contribution in [0.1, 0.15) is 42.5 Å². The van der Waals surface area contributed by atoms with Gasteiger partial charge in [0.25, 0.3) is 5.91 Å². The number of carbonyl (C=O) groups excluding carboxylic acids is 2. The number of benzene rings is 1. The minimum Gasteiger partial charge on any atom is -0.345 e. The van der Waals surface area contributed by atoms with Crippen molar-refractivity contribution in [2.75, 3.05) is 6.54 Å². The second kappa shape index (κ2) is 8.07. The number of aromatic nitrogens is 3. The lowest BCUT2D eigenvalue weighted by Crippen LogP contribution is -2.38. The molecule has 1 aromatic carbocycles. The highest BCUT2D eigenvalue weighted by atomic mass is 16.2. The molecule has 0 aliphatic carbocycles. The summed E-state index contributed by atoms with van der Waals surface area (Å²) >= 11 is 0. The third kappa shape index (κ3) is 4.64. The van der Waals surface area contributed by atoms with E-state index in [2.05, 4.69) is 20.7 Å². The fourth-order valence-electron chi connectivity index (χ4n) is 2.20. The molecule has 0 fully saturated rings. The molecule has 2 N–H and O–H groups in total. The normalized spacial score (nSPS) is 11.7. The molecular formula is C16H21N5O2. The van der Waals surface area contributed by atoms with E-state index in [9.17, 15) is 9.59 Å². The van der Waals surface area contributed by atoms with Gasteiger partial charge in [0.1, 0.15) is 12.2 Å². The predicted molar refractivity (Wildman–Crippen MR) is 85.6 cm³/mol. The van der Waals surface area contributed by atoms with Crippen LogP contribution in [0.15, 0.2) is 36.7 Å². The second-order valence-corrected chi connectivity index (χ2v) is 5.18. The number of aryl methyl sites for hydroxylation is 1. The summed E-state index contributed by atoms with van der Waals surface area (Å²) in [6.07, 6.45) is 2.41. The van der Waals surface area contributed by atoms with Crippen LogP contribution in [0.4, 0.5) is 0 Å². The summed E-state index contributed by atoms with van der Waals surface area (Å²) < 4.78 is 1.77. The molecule has 0 saturated carbocycles. The van der Waals surface area contributed by atoms with Crippen molar-refractivity contribution in [3.8, 4) is 0 Å². The average molecular weight is 315 g/mol. The average Bonchev–Trinajstić information content (AvgIpc) is 3.02. The smallest absolute Gasteiger partial charge is 0.251 e. The van der Waals surface area contributed by atoms with Crippen molar-refractivity contribution in [2.45, 2.75) is 32.9 Å². The number of carbonyl (C=O) groups is 2. The van der Waals surface area contributed by atoms with Crippen LogP contribution in [0.3, 0.4) is 0 Å². The molecule has 2 aromatic rings. The van der Waals surface area contributed by atoms with Gasteiger partial charge < -0.3 is 10.6 Å². The molecule has 1 aromatic heterocycles. The Morgan fingerprint density at radius 3 is 2.70 bits per heavy atom. The first-order valence-electron chi connectivity index (χ1n) is 7.62. The molecule has 0 bridgehead atoms. The molecule has 2 rings (SSSR count). The molecule has 0 aliphatic rings. The number of nitrogens with one attached hydrogen (secondary N) is 2. The molecule has 0 spiro atoms. The Morgan fingerprint density at radius 1 is 1.26 bits per heavy atom. The molecule has 1 atom stereocenters. The Labute approximate surface area is 135 Å². The summed E-state index contributed by atoms with van der Waals surface area (Å²) in [5.74, 6) is 0.157. The number of hydrogen-bond acceptors (Lipinski definition) is 4. The molecule has 1 heterocycles.